The molecular formula is C14H24N2O2S. The summed E-state index contributed by atoms with van der Waals surface area (Å²) < 4.78 is 0. The highest BCUT2D eigenvalue weighted by Gasteiger charge is 2.26. The Labute approximate surface area is 119 Å². The molecule has 0 spiro atoms. The van der Waals surface area contributed by atoms with Crippen molar-refractivity contribution in [2.24, 2.45) is 5.41 Å². The molecule has 0 aromatic carbocycles. The van der Waals surface area contributed by atoms with Gasteiger partial charge in [0.1, 0.15) is 0 Å². The first-order valence-electron chi connectivity index (χ1n) is 6.52. The summed E-state index contributed by atoms with van der Waals surface area (Å²) in [5.74, 6) is -0.782. The zero-order chi connectivity index (χ0) is 14.7. The first-order valence-corrected chi connectivity index (χ1v) is 7.40. The fourth-order valence-corrected chi connectivity index (χ4v) is 3.30. The Morgan fingerprint density at radius 3 is 2.53 bits per heavy atom. The number of rotatable bonds is 6. The predicted molar refractivity (Wildman–Crippen MR) is 79.8 cm³/mol. The van der Waals surface area contributed by atoms with Crippen LogP contribution in [0, 0.1) is 5.41 Å². The maximum Gasteiger partial charge on any atom is 0.303 e. The molecule has 108 valence electrons. The molecule has 19 heavy (non-hydrogen) atoms. The van der Waals surface area contributed by atoms with Gasteiger partial charge >= 0.3 is 5.97 Å². The Morgan fingerprint density at radius 2 is 2.00 bits per heavy atom. The zero-order valence-corrected chi connectivity index (χ0v) is 13.2. The highest BCUT2D eigenvalue weighted by molar-refractivity contribution is 7.13. The van der Waals surface area contributed by atoms with Gasteiger partial charge in [-0.25, -0.2) is 4.98 Å². The Bertz CT molecular complexity index is 433. The second-order valence-corrected chi connectivity index (χ2v) is 7.64. The molecule has 0 aliphatic heterocycles. The number of thiazole rings is 1. The van der Waals surface area contributed by atoms with Crippen LogP contribution >= 0.6 is 11.3 Å². The van der Waals surface area contributed by atoms with Crippen LogP contribution in [-0.4, -0.2) is 21.6 Å². The zero-order valence-electron chi connectivity index (χ0n) is 12.4. The molecule has 0 amide bonds. The summed E-state index contributed by atoms with van der Waals surface area (Å²) in [5, 5.41) is 14.9. The Balaban J connectivity index is 2.60. The minimum absolute atomic E-state index is 0.0276. The summed E-state index contributed by atoms with van der Waals surface area (Å²) in [7, 11) is 0. The molecule has 5 heteroatoms. The number of carboxylic acid groups (broad SMARTS) is 1. The van der Waals surface area contributed by atoms with E-state index in [9.17, 15) is 4.79 Å². The van der Waals surface area contributed by atoms with Crippen LogP contribution in [0.15, 0.2) is 5.38 Å². The molecule has 2 N–H and O–H groups in total. The van der Waals surface area contributed by atoms with Gasteiger partial charge in [0.2, 0.25) is 0 Å². The Hall–Kier alpha value is -1.10. The van der Waals surface area contributed by atoms with E-state index in [4.69, 9.17) is 5.11 Å². The highest BCUT2D eigenvalue weighted by atomic mass is 32.1. The highest BCUT2D eigenvalue weighted by Crippen LogP contribution is 2.30. The van der Waals surface area contributed by atoms with E-state index < -0.39 is 5.97 Å². The van der Waals surface area contributed by atoms with Gasteiger partial charge in [0, 0.05) is 17.3 Å². The number of carboxylic acids is 1. The maximum absolute atomic E-state index is 10.5. The second kappa shape index (κ2) is 5.90. The van der Waals surface area contributed by atoms with Gasteiger partial charge in [0.05, 0.1) is 12.1 Å². The van der Waals surface area contributed by atoms with Crippen molar-refractivity contribution < 1.29 is 9.90 Å². The summed E-state index contributed by atoms with van der Waals surface area (Å²) in [5.41, 5.74) is 1.07. The normalized spacial score (nSPS) is 12.5. The molecule has 0 fully saturated rings. The van der Waals surface area contributed by atoms with Gasteiger partial charge in [-0.2, -0.15) is 0 Å². The van der Waals surface area contributed by atoms with Gasteiger partial charge in [0.15, 0.2) is 5.13 Å². The van der Waals surface area contributed by atoms with E-state index in [1.54, 1.807) is 0 Å². The number of hydrogen-bond donors (Lipinski definition) is 2. The first-order chi connectivity index (χ1) is 8.57. The fraction of sp³-hybridized carbons (Fsp3) is 0.714. The van der Waals surface area contributed by atoms with E-state index in [1.165, 1.54) is 11.3 Å². The third-order valence-electron chi connectivity index (χ3n) is 2.56. The van der Waals surface area contributed by atoms with Crippen LogP contribution in [0.25, 0.3) is 0 Å². The molecule has 0 aliphatic rings. The number of anilines is 1. The number of aryl methyl sites for hydroxylation is 1. The van der Waals surface area contributed by atoms with Crippen LogP contribution in [0.1, 0.15) is 53.2 Å². The van der Waals surface area contributed by atoms with Crippen molar-refractivity contribution in [1.29, 1.82) is 0 Å². The van der Waals surface area contributed by atoms with E-state index in [1.807, 2.05) is 5.38 Å². The van der Waals surface area contributed by atoms with E-state index in [0.717, 1.165) is 17.2 Å². The van der Waals surface area contributed by atoms with Crippen molar-refractivity contribution in [3.05, 3.63) is 11.1 Å². The van der Waals surface area contributed by atoms with Gasteiger partial charge in [-0.05, 0) is 25.7 Å². The molecule has 0 atom stereocenters. The predicted octanol–water partition coefficient (Wildman–Crippen LogP) is 3.79. The summed E-state index contributed by atoms with van der Waals surface area (Å²) in [4.78, 5) is 15.0. The lowest BCUT2D eigenvalue weighted by Gasteiger charge is -2.33. The molecule has 1 aromatic heterocycles. The average molecular weight is 284 g/mol. The summed E-state index contributed by atoms with van der Waals surface area (Å²) in [6.07, 6.45) is 1.66. The van der Waals surface area contributed by atoms with Crippen LogP contribution in [-0.2, 0) is 11.2 Å². The van der Waals surface area contributed by atoms with Gasteiger partial charge in [-0.15, -0.1) is 11.3 Å². The molecule has 0 unspecified atom stereocenters. The summed E-state index contributed by atoms with van der Waals surface area (Å²) >= 11 is 1.54. The Kier molecular flexibility index (Phi) is 4.96. The molecule has 1 rings (SSSR count). The maximum atomic E-state index is 10.5. The van der Waals surface area contributed by atoms with Crippen molar-refractivity contribution in [2.75, 3.05) is 5.32 Å². The largest absolute Gasteiger partial charge is 0.481 e. The number of hydrogen-bond acceptors (Lipinski definition) is 4. The molecule has 0 saturated heterocycles. The molecule has 1 heterocycles. The van der Waals surface area contributed by atoms with E-state index in [0.29, 0.717) is 6.42 Å². The van der Waals surface area contributed by atoms with Gasteiger partial charge in [-0.1, -0.05) is 20.8 Å². The lowest BCUT2D eigenvalue weighted by molar-refractivity contribution is -0.136. The third-order valence-corrected chi connectivity index (χ3v) is 3.37. The molecule has 0 bridgehead atoms. The topological polar surface area (TPSA) is 62.2 Å². The number of carbonyl (C=O) groups is 1. The summed E-state index contributed by atoms with van der Waals surface area (Å²) in [6, 6.07) is 0. The molecular weight excluding hydrogens is 260 g/mol. The monoisotopic (exact) mass is 284 g/mol. The Morgan fingerprint density at radius 1 is 1.37 bits per heavy atom. The second-order valence-electron chi connectivity index (χ2n) is 6.78. The quantitative estimate of drug-likeness (QED) is 0.834. The summed E-state index contributed by atoms with van der Waals surface area (Å²) in [6.45, 7) is 11.0. The fourth-order valence-electron chi connectivity index (χ4n) is 2.37. The van der Waals surface area contributed by atoms with E-state index in [2.05, 4.69) is 44.9 Å². The SMILES string of the molecule is CC(C)(C)CC(C)(C)Nc1nc(CCC(=O)O)cs1. The van der Waals surface area contributed by atoms with Gasteiger partial charge in [-0.3, -0.25) is 4.79 Å². The van der Waals surface area contributed by atoms with E-state index >= 15 is 0 Å². The number of nitrogens with zero attached hydrogens (tertiary/aromatic N) is 1. The lowest BCUT2D eigenvalue weighted by Crippen LogP contribution is -2.35. The van der Waals surface area contributed by atoms with Crippen LogP contribution in [0.2, 0.25) is 0 Å². The van der Waals surface area contributed by atoms with Crippen molar-refractivity contribution >= 4 is 22.4 Å². The average Bonchev–Trinajstić information content (AvgIpc) is 2.57. The third kappa shape index (κ3) is 6.57. The molecule has 4 nitrogen and oxygen atoms in total. The van der Waals surface area contributed by atoms with Crippen LogP contribution in [0.4, 0.5) is 5.13 Å². The number of nitrogens with one attached hydrogen (secondary N) is 1. The van der Waals surface area contributed by atoms with Crippen molar-refractivity contribution in [3.8, 4) is 0 Å². The standard InChI is InChI=1S/C14H24N2O2S/c1-13(2,3)9-14(4,5)16-12-15-10(8-19-12)6-7-11(17)18/h8H,6-7,9H2,1-5H3,(H,15,16)(H,17,18). The molecule has 0 saturated carbocycles. The van der Waals surface area contributed by atoms with Crippen LogP contribution in [0.3, 0.4) is 0 Å². The number of aromatic nitrogens is 1. The molecule has 0 aliphatic carbocycles. The van der Waals surface area contributed by atoms with Crippen molar-refractivity contribution in [2.45, 2.75) is 59.4 Å². The van der Waals surface area contributed by atoms with E-state index in [-0.39, 0.29) is 17.4 Å². The smallest absolute Gasteiger partial charge is 0.303 e. The van der Waals surface area contributed by atoms with Crippen molar-refractivity contribution in [3.63, 3.8) is 0 Å². The van der Waals surface area contributed by atoms with Crippen LogP contribution in [0.5, 0.6) is 0 Å². The molecule has 1 aromatic rings. The van der Waals surface area contributed by atoms with Gasteiger partial charge < -0.3 is 10.4 Å². The van der Waals surface area contributed by atoms with Crippen molar-refractivity contribution in [1.82, 2.24) is 4.98 Å². The molecule has 0 radical (unpaired) electrons. The first kappa shape index (κ1) is 16.0. The lowest BCUT2D eigenvalue weighted by atomic mass is 9.82. The van der Waals surface area contributed by atoms with Crippen LogP contribution < -0.4 is 5.32 Å². The minimum Gasteiger partial charge on any atom is -0.481 e. The number of aliphatic carboxylic acids is 1. The minimum atomic E-state index is -0.782. The van der Waals surface area contributed by atoms with Gasteiger partial charge in [0.25, 0.3) is 0 Å².